The van der Waals surface area contributed by atoms with Crippen molar-refractivity contribution in [1.82, 2.24) is 9.80 Å². The van der Waals surface area contributed by atoms with Crippen LogP contribution in [0.3, 0.4) is 0 Å². The molecule has 3 aromatic rings. The normalized spacial score (nSPS) is 11.6. The minimum atomic E-state index is -0.888. The predicted octanol–water partition coefficient (Wildman–Crippen LogP) is 5.10. The molecule has 0 aliphatic rings. The summed E-state index contributed by atoms with van der Waals surface area (Å²) in [5.74, 6) is 0.817. The number of carbonyl (C=O) groups is 2. The second-order valence-electron chi connectivity index (χ2n) is 8.81. The van der Waals surface area contributed by atoms with Crippen LogP contribution in [0, 0.1) is 6.92 Å². The third kappa shape index (κ3) is 7.96. The number of hydrogen-bond acceptors (Lipinski definition) is 6. The molecule has 0 saturated carbocycles. The first-order valence-electron chi connectivity index (χ1n) is 12.4. The van der Waals surface area contributed by atoms with Gasteiger partial charge in [0.25, 0.3) is 0 Å². The highest BCUT2D eigenvalue weighted by atomic mass is 35.5. The van der Waals surface area contributed by atoms with Crippen LogP contribution in [-0.2, 0) is 27.3 Å². The van der Waals surface area contributed by atoms with Crippen LogP contribution in [0.4, 0.5) is 0 Å². The molecule has 0 aliphatic heterocycles. The van der Waals surface area contributed by atoms with E-state index in [0.717, 1.165) is 16.0 Å². The van der Waals surface area contributed by atoms with Crippen molar-refractivity contribution in [3.63, 3.8) is 0 Å². The molecule has 0 radical (unpaired) electrons. The zero-order valence-corrected chi connectivity index (χ0v) is 23.9. The minimum Gasteiger partial charge on any atom is -0.493 e. The number of alkyl halides is 1. The number of nitrogens with zero attached hydrogens (tertiary/aromatic N) is 2. The van der Waals surface area contributed by atoms with Gasteiger partial charge in [0.2, 0.25) is 11.8 Å². The zero-order chi connectivity index (χ0) is 27.5. The van der Waals surface area contributed by atoms with Crippen LogP contribution >= 0.6 is 22.9 Å². The van der Waals surface area contributed by atoms with E-state index in [-0.39, 0.29) is 24.9 Å². The molecule has 1 heterocycles. The minimum absolute atomic E-state index is 0.0887. The van der Waals surface area contributed by atoms with Gasteiger partial charge in [-0.15, -0.1) is 22.9 Å². The Balaban J connectivity index is 1.79. The molecule has 1 aromatic heterocycles. The van der Waals surface area contributed by atoms with E-state index >= 15 is 0 Å². The second-order valence-corrected chi connectivity index (χ2v) is 10.2. The van der Waals surface area contributed by atoms with Gasteiger partial charge < -0.3 is 24.0 Å². The molecule has 0 aliphatic carbocycles. The second kappa shape index (κ2) is 14.8. The number of halogens is 1. The zero-order valence-electron chi connectivity index (χ0n) is 22.3. The van der Waals surface area contributed by atoms with Gasteiger partial charge in [0.05, 0.1) is 33.9 Å². The molecule has 0 fully saturated rings. The number of rotatable bonds is 14. The molecule has 7 nitrogen and oxygen atoms in total. The molecule has 0 saturated heterocycles. The number of methoxy groups -OCH3 is 3. The quantitative estimate of drug-likeness (QED) is 0.258. The summed E-state index contributed by atoms with van der Waals surface area (Å²) < 4.78 is 16.0. The third-order valence-corrected chi connectivity index (χ3v) is 7.73. The highest BCUT2D eigenvalue weighted by Gasteiger charge is 2.27. The number of thiophene rings is 1. The fraction of sp³-hybridized carbons (Fsp3) is 0.379. The van der Waals surface area contributed by atoms with Crippen LogP contribution in [0.1, 0.15) is 26.9 Å². The molecule has 0 N–H and O–H groups in total. The van der Waals surface area contributed by atoms with Crippen molar-refractivity contribution in [2.24, 2.45) is 0 Å². The molecule has 2 aromatic carbocycles. The summed E-state index contributed by atoms with van der Waals surface area (Å²) in [6.45, 7) is 3.45. The number of hydrogen-bond donors (Lipinski definition) is 0. The molecule has 38 heavy (non-hydrogen) atoms. The Kier molecular flexibility index (Phi) is 11.5. The molecule has 0 bridgehead atoms. The van der Waals surface area contributed by atoms with Crippen LogP contribution in [0.25, 0.3) is 0 Å². The SMILES string of the molecule is COCCN(CC(=O)N(CCc1ccc(OC)c(OC)c1)Cc1sccc1C)C(=O)C(Cl)c1ccccc1. The van der Waals surface area contributed by atoms with Crippen molar-refractivity contribution in [3.05, 3.63) is 81.5 Å². The molecule has 9 heteroatoms. The maximum absolute atomic E-state index is 13.7. The average molecular weight is 559 g/mol. The van der Waals surface area contributed by atoms with Gasteiger partial charge in [-0.2, -0.15) is 0 Å². The van der Waals surface area contributed by atoms with Gasteiger partial charge in [-0.05, 0) is 53.6 Å². The highest BCUT2D eigenvalue weighted by Crippen LogP contribution is 2.28. The van der Waals surface area contributed by atoms with Gasteiger partial charge in [0, 0.05) is 25.1 Å². The van der Waals surface area contributed by atoms with Gasteiger partial charge in [0.15, 0.2) is 11.5 Å². The van der Waals surface area contributed by atoms with Crippen molar-refractivity contribution in [3.8, 4) is 11.5 Å². The molecule has 1 unspecified atom stereocenters. The van der Waals surface area contributed by atoms with E-state index in [1.165, 1.54) is 4.90 Å². The van der Waals surface area contributed by atoms with E-state index in [1.807, 2.05) is 54.8 Å². The first kappa shape index (κ1) is 29.5. The standard InChI is InChI=1S/C29H35ClN2O5S/c1-21-13-17-38-26(21)19-31(14-12-22-10-11-24(36-3)25(18-22)37-4)27(33)20-32(15-16-35-2)29(34)28(30)23-8-6-5-7-9-23/h5-11,13,17-18,28H,12,14-16,19-20H2,1-4H3. The van der Waals surface area contributed by atoms with E-state index in [2.05, 4.69) is 0 Å². The van der Waals surface area contributed by atoms with Crippen molar-refractivity contribution in [1.29, 1.82) is 0 Å². The number of carbonyl (C=O) groups excluding carboxylic acids is 2. The summed E-state index contributed by atoms with van der Waals surface area (Å²) in [7, 11) is 4.76. The van der Waals surface area contributed by atoms with Crippen LogP contribution in [0.15, 0.2) is 60.0 Å². The summed E-state index contributed by atoms with van der Waals surface area (Å²) in [5.41, 5.74) is 2.84. The van der Waals surface area contributed by atoms with Gasteiger partial charge in [-0.1, -0.05) is 36.4 Å². The first-order valence-corrected chi connectivity index (χ1v) is 13.7. The van der Waals surface area contributed by atoms with Crippen molar-refractivity contribution >= 4 is 34.8 Å². The van der Waals surface area contributed by atoms with Gasteiger partial charge >= 0.3 is 0 Å². The Bertz CT molecular complexity index is 1190. The number of ether oxygens (including phenoxy) is 3. The fourth-order valence-corrected chi connectivity index (χ4v) is 5.19. The maximum atomic E-state index is 13.7. The molecular formula is C29H35ClN2O5S. The third-order valence-electron chi connectivity index (χ3n) is 6.29. The molecule has 0 spiro atoms. The average Bonchev–Trinajstić information content (AvgIpc) is 3.36. The van der Waals surface area contributed by atoms with Crippen LogP contribution in [0.5, 0.6) is 11.5 Å². The Morgan fingerprint density at radius 2 is 1.68 bits per heavy atom. The lowest BCUT2D eigenvalue weighted by atomic mass is 10.1. The lowest BCUT2D eigenvalue weighted by Gasteiger charge is -2.29. The van der Waals surface area contributed by atoms with Crippen molar-refractivity contribution in [2.75, 3.05) is 47.6 Å². The maximum Gasteiger partial charge on any atom is 0.245 e. The van der Waals surface area contributed by atoms with Crippen molar-refractivity contribution < 1.29 is 23.8 Å². The van der Waals surface area contributed by atoms with E-state index in [0.29, 0.717) is 43.2 Å². The van der Waals surface area contributed by atoms with E-state index in [9.17, 15) is 9.59 Å². The number of aryl methyl sites for hydroxylation is 1. The lowest BCUT2D eigenvalue weighted by Crippen LogP contribution is -2.45. The number of amides is 2. The largest absolute Gasteiger partial charge is 0.493 e. The Labute approximate surface area is 233 Å². The molecule has 1 atom stereocenters. The Morgan fingerprint density at radius 3 is 2.32 bits per heavy atom. The van der Waals surface area contributed by atoms with E-state index in [1.54, 1.807) is 49.7 Å². The molecular weight excluding hydrogens is 524 g/mol. The summed E-state index contributed by atoms with van der Waals surface area (Å²) in [4.78, 5) is 31.4. The first-order chi connectivity index (χ1) is 18.4. The van der Waals surface area contributed by atoms with Crippen molar-refractivity contribution in [2.45, 2.75) is 25.3 Å². The van der Waals surface area contributed by atoms with Crippen LogP contribution in [0.2, 0.25) is 0 Å². The van der Waals surface area contributed by atoms with Crippen LogP contribution < -0.4 is 9.47 Å². The fourth-order valence-electron chi connectivity index (χ4n) is 3.99. The predicted molar refractivity (Wildman–Crippen MR) is 151 cm³/mol. The highest BCUT2D eigenvalue weighted by molar-refractivity contribution is 7.10. The molecule has 2 amide bonds. The summed E-state index contributed by atoms with van der Waals surface area (Å²) >= 11 is 8.16. The topological polar surface area (TPSA) is 68.3 Å². The monoisotopic (exact) mass is 558 g/mol. The van der Waals surface area contributed by atoms with Gasteiger partial charge in [-0.25, -0.2) is 0 Å². The smallest absolute Gasteiger partial charge is 0.245 e. The molecule has 204 valence electrons. The summed E-state index contributed by atoms with van der Waals surface area (Å²) in [6, 6.07) is 16.9. The Morgan fingerprint density at radius 1 is 0.947 bits per heavy atom. The lowest BCUT2D eigenvalue weighted by molar-refractivity contribution is -0.141. The number of benzene rings is 2. The van der Waals surface area contributed by atoms with Crippen LogP contribution in [-0.4, -0.2) is 69.2 Å². The van der Waals surface area contributed by atoms with E-state index < -0.39 is 5.38 Å². The summed E-state index contributed by atoms with van der Waals surface area (Å²) in [5, 5.41) is 1.13. The van der Waals surface area contributed by atoms with Gasteiger partial charge in [-0.3, -0.25) is 9.59 Å². The Hall–Kier alpha value is -3.07. The van der Waals surface area contributed by atoms with Gasteiger partial charge in [0.1, 0.15) is 5.38 Å². The van der Waals surface area contributed by atoms with E-state index in [4.69, 9.17) is 25.8 Å². The summed E-state index contributed by atoms with van der Waals surface area (Å²) in [6.07, 6.45) is 0.616. The molecule has 3 rings (SSSR count).